The zero-order chi connectivity index (χ0) is 15.5. The Morgan fingerprint density at radius 3 is 2.50 bits per heavy atom. The molecule has 0 atom stereocenters. The van der Waals surface area contributed by atoms with Crippen LogP contribution in [0, 0.1) is 13.8 Å². The van der Waals surface area contributed by atoms with Gasteiger partial charge in [0.15, 0.2) is 0 Å². The molecule has 0 spiro atoms. The average Bonchev–Trinajstić information content (AvgIpc) is 3.04. The largest absolute Gasteiger partial charge is 0.322 e. The van der Waals surface area contributed by atoms with Gasteiger partial charge in [0.25, 0.3) is 5.91 Å². The number of nitrogens with one attached hydrogen (secondary N) is 1. The third-order valence-electron chi connectivity index (χ3n) is 3.53. The van der Waals surface area contributed by atoms with Gasteiger partial charge in [-0.1, -0.05) is 17.7 Å². The van der Waals surface area contributed by atoms with Gasteiger partial charge < -0.3 is 5.32 Å². The second-order valence-electron chi connectivity index (χ2n) is 5.27. The Balaban J connectivity index is 1.77. The summed E-state index contributed by atoms with van der Waals surface area (Å²) in [6, 6.07) is 15.2. The summed E-state index contributed by atoms with van der Waals surface area (Å²) in [5.74, 6) is -0.112. The van der Waals surface area contributed by atoms with Crippen LogP contribution in [-0.2, 0) is 0 Å². The molecule has 1 amide bonds. The predicted molar refractivity (Wildman–Crippen MR) is 87.4 cm³/mol. The van der Waals surface area contributed by atoms with Gasteiger partial charge in [-0.3, -0.25) is 4.79 Å². The van der Waals surface area contributed by atoms with Gasteiger partial charge >= 0.3 is 0 Å². The van der Waals surface area contributed by atoms with Gasteiger partial charge in [0.2, 0.25) is 0 Å². The Labute approximate surface area is 129 Å². The van der Waals surface area contributed by atoms with Crippen LogP contribution in [-0.4, -0.2) is 15.7 Å². The smallest absolute Gasteiger partial charge is 0.255 e. The topological polar surface area (TPSA) is 46.9 Å². The first kappa shape index (κ1) is 14.1. The van der Waals surface area contributed by atoms with Gasteiger partial charge in [-0.2, -0.15) is 5.10 Å². The fraction of sp³-hybridized carbons (Fsp3) is 0.111. The number of anilines is 1. The molecule has 0 radical (unpaired) electrons. The van der Waals surface area contributed by atoms with E-state index < -0.39 is 0 Å². The van der Waals surface area contributed by atoms with Crippen molar-refractivity contribution < 1.29 is 4.79 Å². The van der Waals surface area contributed by atoms with Crippen LogP contribution in [0.25, 0.3) is 5.69 Å². The zero-order valence-electron chi connectivity index (χ0n) is 12.6. The average molecular weight is 291 g/mol. The number of hydrogen-bond donors (Lipinski definition) is 1. The summed E-state index contributed by atoms with van der Waals surface area (Å²) in [5.41, 5.74) is 4.62. The molecule has 0 unspecified atom stereocenters. The Bertz CT molecular complexity index is 790. The summed E-state index contributed by atoms with van der Waals surface area (Å²) >= 11 is 0. The Hall–Kier alpha value is -2.88. The fourth-order valence-corrected chi connectivity index (χ4v) is 2.34. The van der Waals surface area contributed by atoms with E-state index in [0.29, 0.717) is 5.56 Å². The van der Waals surface area contributed by atoms with Crippen molar-refractivity contribution in [2.45, 2.75) is 13.8 Å². The molecule has 1 heterocycles. The molecule has 3 aromatic rings. The van der Waals surface area contributed by atoms with Gasteiger partial charge in [0.05, 0.1) is 5.69 Å². The molecule has 22 heavy (non-hydrogen) atoms. The van der Waals surface area contributed by atoms with Crippen LogP contribution in [0.5, 0.6) is 0 Å². The second kappa shape index (κ2) is 5.85. The number of carbonyl (C=O) groups excluding carboxylic acids is 1. The highest BCUT2D eigenvalue weighted by atomic mass is 16.1. The summed E-state index contributed by atoms with van der Waals surface area (Å²) < 4.78 is 1.76. The summed E-state index contributed by atoms with van der Waals surface area (Å²) in [5, 5.41) is 7.11. The number of rotatable bonds is 3. The van der Waals surface area contributed by atoms with Gasteiger partial charge in [-0.25, -0.2) is 4.68 Å². The molecule has 0 saturated carbocycles. The predicted octanol–water partition coefficient (Wildman–Crippen LogP) is 3.74. The van der Waals surface area contributed by atoms with E-state index in [1.54, 1.807) is 23.0 Å². The second-order valence-corrected chi connectivity index (χ2v) is 5.27. The molecular weight excluding hydrogens is 274 g/mol. The molecule has 3 rings (SSSR count). The highest BCUT2D eigenvalue weighted by molar-refractivity contribution is 6.04. The van der Waals surface area contributed by atoms with Gasteiger partial charge in [0.1, 0.15) is 0 Å². The maximum Gasteiger partial charge on any atom is 0.255 e. The van der Waals surface area contributed by atoms with E-state index in [1.807, 2.05) is 50.4 Å². The highest BCUT2D eigenvalue weighted by Gasteiger charge is 2.08. The molecule has 0 aliphatic carbocycles. The SMILES string of the molecule is Cc1ccc(NC(=O)c2ccc(-n3cccn3)cc2)c(C)c1. The monoisotopic (exact) mass is 291 g/mol. The lowest BCUT2D eigenvalue weighted by Gasteiger charge is -2.09. The molecule has 0 aliphatic rings. The molecule has 110 valence electrons. The molecular formula is C18H17N3O. The van der Waals surface area contributed by atoms with Gasteiger partial charge in [-0.05, 0) is 55.8 Å². The van der Waals surface area contributed by atoms with Crippen LogP contribution in [0.15, 0.2) is 60.9 Å². The van der Waals surface area contributed by atoms with Crippen molar-refractivity contribution in [2.75, 3.05) is 5.32 Å². The van der Waals surface area contributed by atoms with E-state index in [1.165, 1.54) is 5.56 Å². The van der Waals surface area contributed by atoms with Crippen LogP contribution in [0.2, 0.25) is 0 Å². The van der Waals surface area contributed by atoms with Crippen molar-refractivity contribution in [1.29, 1.82) is 0 Å². The van der Waals surface area contributed by atoms with Crippen molar-refractivity contribution >= 4 is 11.6 Å². The van der Waals surface area contributed by atoms with E-state index >= 15 is 0 Å². The van der Waals surface area contributed by atoms with Crippen LogP contribution in [0.1, 0.15) is 21.5 Å². The molecule has 1 N–H and O–H groups in total. The maximum absolute atomic E-state index is 12.3. The lowest BCUT2D eigenvalue weighted by molar-refractivity contribution is 0.102. The standard InChI is InChI=1S/C18H17N3O/c1-13-4-9-17(14(2)12-13)20-18(22)15-5-7-16(8-6-15)21-11-3-10-19-21/h3-12H,1-2H3,(H,20,22). The molecule has 1 aromatic heterocycles. The van der Waals surface area contributed by atoms with Crippen molar-refractivity contribution in [2.24, 2.45) is 0 Å². The van der Waals surface area contributed by atoms with E-state index in [4.69, 9.17) is 0 Å². The Morgan fingerprint density at radius 1 is 1.09 bits per heavy atom. The van der Waals surface area contributed by atoms with E-state index in [-0.39, 0.29) is 5.91 Å². The number of hydrogen-bond acceptors (Lipinski definition) is 2. The van der Waals surface area contributed by atoms with Crippen molar-refractivity contribution in [3.8, 4) is 5.69 Å². The molecule has 4 heteroatoms. The molecule has 0 bridgehead atoms. The van der Waals surface area contributed by atoms with Gasteiger partial charge in [0, 0.05) is 23.6 Å². The number of aryl methyl sites for hydroxylation is 2. The van der Waals surface area contributed by atoms with Gasteiger partial charge in [-0.15, -0.1) is 0 Å². The molecule has 0 aliphatic heterocycles. The first-order chi connectivity index (χ1) is 10.6. The summed E-state index contributed by atoms with van der Waals surface area (Å²) in [6.45, 7) is 4.02. The number of aromatic nitrogens is 2. The van der Waals surface area contributed by atoms with E-state index in [0.717, 1.165) is 16.9 Å². The zero-order valence-corrected chi connectivity index (χ0v) is 12.6. The Morgan fingerprint density at radius 2 is 1.86 bits per heavy atom. The molecule has 4 nitrogen and oxygen atoms in total. The summed E-state index contributed by atoms with van der Waals surface area (Å²) in [7, 11) is 0. The maximum atomic E-state index is 12.3. The molecule has 0 saturated heterocycles. The van der Waals surface area contributed by atoms with Crippen molar-refractivity contribution in [3.63, 3.8) is 0 Å². The first-order valence-electron chi connectivity index (χ1n) is 7.12. The number of benzene rings is 2. The number of nitrogens with zero attached hydrogens (tertiary/aromatic N) is 2. The van der Waals surface area contributed by atoms with Crippen molar-refractivity contribution in [3.05, 3.63) is 77.6 Å². The van der Waals surface area contributed by atoms with E-state index in [9.17, 15) is 4.79 Å². The quantitative estimate of drug-likeness (QED) is 0.799. The molecule has 2 aromatic carbocycles. The third kappa shape index (κ3) is 2.91. The van der Waals surface area contributed by atoms with Crippen LogP contribution < -0.4 is 5.32 Å². The minimum atomic E-state index is -0.112. The lowest BCUT2D eigenvalue weighted by Crippen LogP contribution is -2.12. The van der Waals surface area contributed by atoms with Crippen LogP contribution in [0.4, 0.5) is 5.69 Å². The fourth-order valence-electron chi connectivity index (χ4n) is 2.34. The summed E-state index contributed by atoms with van der Waals surface area (Å²) in [4.78, 5) is 12.3. The van der Waals surface area contributed by atoms with E-state index in [2.05, 4.69) is 16.5 Å². The molecule has 0 fully saturated rings. The first-order valence-corrected chi connectivity index (χ1v) is 7.12. The summed E-state index contributed by atoms with van der Waals surface area (Å²) in [6.07, 6.45) is 3.59. The third-order valence-corrected chi connectivity index (χ3v) is 3.53. The van der Waals surface area contributed by atoms with Crippen molar-refractivity contribution in [1.82, 2.24) is 9.78 Å². The normalized spacial score (nSPS) is 10.5. The Kier molecular flexibility index (Phi) is 3.74. The van der Waals surface area contributed by atoms with Crippen LogP contribution >= 0.6 is 0 Å². The highest BCUT2D eigenvalue weighted by Crippen LogP contribution is 2.17. The minimum Gasteiger partial charge on any atom is -0.322 e. The van der Waals surface area contributed by atoms with Crippen LogP contribution in [0.3, 0.4) is 0 Å². The number of amides is 1. The number of carbonyl (C=O) groups is 1. The minimum absolute atomic E-state index is 0.112. The lowest BCUT2D eigenvalue weighted by atomic mass is 10.1.